The van der Waals surface area contributed by atoms with Crippen molar-refractivity contribution in [3.05, 3.63) is 70.3 Å². The normalized spacial score (nSPS) is 12.3. The van der Waals surface area contributed by atoms with E-state index < -0.39 is 20.9 Å². The van der Waals surface area contributed by atoms with Gasteiger partial charge in [-0.05, 0) is 18.2 Å². The maximum absolute atomic E-state index is 12.3. The lowest BCUT2D eigenvalue weighted by atomic mass is 10.1. The molecule has 0 aromatic heterocycles. The quantitative estimate of drug-likeness (QED) is 0.361. The lowest BCUT2D eigenvalue weighted by Crippen LogP contribution is -2.47. The maximum Gasteiger partial charge on any atom is 0.282 e. The zero-order valence-corrected chi connectivity index (χ0v) is 14.3. The van der Waals surface area contributed by atoms with Crippen LogP contribution in [0.4, 0.5) is 5.69 Å². The van der Waals surface area contributed by atoms with Gasteiger partial charge in [0.05, 0.1) is 4.92 Å². The highest BCUT2D eigenvalue weighted by molar-refractivity contribution is 6.68. The standard InChI is InChI=1S/C15H11Cl3N2O4/c16-15(17,18)14(24-10-6-2-1-3-7-10)19-13(21)11-8-4-5-9-12(11)20(22)23/h1-9,14H,(H,19,21)/t14-/m1/s1. The Labute approximate surface area is 152 Å². The number of amides is 1. The van der Waals surface area contributed by atoms with Gasteiger partial charge in [0, 0.05) is 6.07 Å². The van der Waals surface area contributed by atoms with Gasteiger partial charge in [0.15, 0.2) is 0 Å². The fourth-order valence-corrected chi connectivity index (χ4v) is 2.13. The number of carbonyl (C=O) groups excluding carboxylic acids is 1. The lowest BCUT2D eigenvalue weighted by Gasteiger charge is -2.26. The van der Waals surface area contributed by atoms with Gasteiger partial charge in [0.2, 0.25) is 10.0 Å². The number of nitrogens with zero attached hydrogens (tertiary/aromatic N) is 1. The summed E-state index contributed by atoms with van der Waals surface area (Å²) in [5.74, 6) is -0.439. The van der Waals surface area contributed by atoms with Gasteiger partial charge in [0.1, 0.15) is 11.3 Å². The third-order valence-electron chi connectivity index (χ3n) is 2.90. The molecule has 0 saturated carbocycles. The molecule has 2 aromatic carbocycles. The van der Waals surface area contributed by atoms with Crippen LogP contribution in [-0.4, -0.2) is 20.9 Å². The minimum absolute atomic E-state index is 0.168. The number of ether oxygens (including phenoxy) is 1. The molecule has 0 aliphatic rings. The van der Waals surface area contributed by atoms with Crippen molar-refractivity contribution in [3.8, 4) is 5.75 Å². The van der Waals surface area contributed by atoms with Crippen LogP contribution < -0.4 is 10.1 Å². The number of nitrogens with one attached hydrogen (secondary N) is 1. The Hall–Kier alpha value is -2.02. The molecule has 6 nitrogen and oxygen atoms in total. The second-order valence-electron chi connectivity index (χ2n) is 4.60. The summed E-state index contributed by atoms with van der Waals surface area (Å²) in [4.78, 5) is 22.7. The summed E-state index contributed by atoms with van der Waals surface area (Å²) in [5, 5.41) is 13.4. The predicted octanol–water partition coefficient (Wildman–Crippen LogP) is 4.10. The summed E-state index contributed by atoms with van der Waals surface area (Å²) in [6.07, 6.45) is -1.35. The van der Waals surface area contributed by atoms with Crippen molar-refractivity contribution in [1.29, 1.82) is 0 Å². The molecule has 2 aromatic rings. The molecular formula is C15H11Cl3N2O4. The number of halogens is 3. The lowest BCUT2D eigenvalue weighted by molar-refractivity contribution is -0.385. The van der Waals surface area contributed by atoms with Crippen LogP contribution >= 0.6 is 34.8 Å². The molecule has 0 heterocycles. The molecule has 2 rings (SSSR count). The van der Waals surface area contributed by atoms with E-state index in [4.69, 9.17) is 39.5 Å². The minimum Gasteiger partial charge on any atom is -0.466 e. The number of alkyl halides is 3. The van der Waals surface area contributed by atoms with Gasteiger partial charge in [0.25, 0.3) is 11.6 Å². The number of rotatable bonds is 5. The Kier molecular flexibility index (Phi) is 5.88. The van der Waals surface area contributed by atoms with Crippen LogP contribution in [0.25, 0.3) is 0 Å². The largest absolute Gasteiger partial charge is 0.466 e. The first kappa shape index (κ1) is 18.3. The Morgan fingerprint density at radius 2 is 1.67 bits per heavy atom. The molecule has 9 heteroatoms. The van der Waals surface area contributed by atoms with Crippen molar-refractivity contribution < 1.29 is 14.5 Å². The molecular weight excluding hydrogens is 379 g/mol. The van der Waals surface area contributed by atoms with E-state index in [0.717, 1.165) is 0 Å². The Balaban J connectivity index is 2.24. The number of para-hydroxylation sites is 2. The number of benzene rings is 2. The second-order valence-corrected chi connectivity index (χ2v) is 6.97. The molecule has 1 amide bonds. The molecule has 0 radical (unpaired) electrons. The highest BCUT2D eigenvalue weighted by Crippen LogP contribution is 2.32. The van der Waals surface area contributed by atoms with Gasteiger partial charge in [-0.2, -0.15) is 0 Å². The van der Waals surface area contributed by atoms with Gasteiger partial charge < -0.3 is 10.1 Å². The summed E-state index contributed by atoms with van der Waals surface area (Å²) >= 11 is 17.5. The molecule has 0 saturated heterocycles. The molecule has 0 spiro atoms. The number of nitro benzene ring substituents is 1. The summed E-state index contributed by atoms with van der Waals surface area (Å²) in [6, 6.07) is 13.8. The minimum atomic E-state index is -1.99. The van der Waals surface area contributed by atoms with Crippen molar-refractivity contribution in [2.24, 2.45) is 0 Å². The van der Waals surface area contributed by atoms with Gasteiger partial charge in [-0.3, -0.25) is 14.9 Å². The number of carbonyl (C=O) groups is 1. The van der Waals surface area contributed by atoms with E-state index in [-0.39, 0.29) is 11.3 Å². The number of hydrogen-bond donors (Lipinski definition) is 1. The van der Waals surface area contributed by atoms with Crippen LogP contribution in [0.2, 0.25) is 0 Å². The van der Waals surface area contributed by atoms with Crippen molar-refractivity contribution >= 4 is 46.4 Å². The van der Waals surface area contributed by atoms with E-state index in [0.29, 0.717) is 5.75 Å². The molecule has 0 aliphatic heterocycles. The average molecular weight is 390 g/mol. The van der Waals surface area contributed by atoms with Gasteiger partial charge in [-0.15, -0.1) is 0 Å². The van der Waals surface area contributed by atoms with Crippen LogP contribution in [0, 0.1) is 10.1 Å². The first-order valence-corrected chi connectivity index (χ1v) is 7.75. The summed E-state index contributed by atoms with van der Waals surface area (Å²) in [7, 11) is 0. The van der Waals surface area contributed by atoms with Gasteiger partial charge >= 0.3 is 0 Å². The van der Waals surface area contributed by atoms with E-state index in [2.05, 4.69) is 5.32 Å². The van der Waals surface area contributed by atoms with E-state index in [9.17, 15) is 14.9 Å². The zero-order valence-electron chi connectivity index (χ0n) is 12.0. The summed E-state index contributed by atoms with van der Waals surface area (Å²) in [5.41, 5.74) is -0.531. The molecule has 24 heavy (non-hydrogen) atoms. The van der Waals surface area contributed by atoms with Crippen LogP contribution in [0.1, 0.15) is 10.4 Å². The highest BCUT2D eigenvalue weighted by atomic mass is 35.6. The maximum atomic E-state index is 12.3. The average Bonchev–Trinajstić information content (AvgIpc) is 2.54. The van der Waals surface area contributed by atoms with Crippen molar-refractivity contribution in [2.45, 2.75) is 10.0 Å². The SMILES string of the molecule is O=C(N[C@H](Oc1ccccc1)C(Cl)(Cl)Cl)c1ccccc1[N+](=O)[O-]. The number of nitro groups is 1. The van der Waals surface area contributed by atoms with Crippen LogP contribution in [0.3, 0.4) is 0 Å². The molecule has 0 bridgehead atoms. The Morgan fingerprint density at radius 3 is 2.25 bits per heavy atom. The van der Waals surface area contributed by atoms with Crippen molar-refractivity contribution in [3.63, 3.8) is 0 Å². The molecule has 0 aliphatic carbocycles. The Bertz CT molecular complexity index is 735. The van der Waals surface area contributed by atoms with Crippen LogP contribution in [-0.2, 0) is 0 Å². The molecule has 0 fully saturated rings. The van der Waals surface area contributed by atoms with E-state index >= 15 is 0 Å². The molecule has 0 unspecified atom stereocenters. The third kappa shape index (κ3) is 4.74. The van der Waals surface area contributed by atoms with Gasteiger partial charge in [-0.25, -0.2) is 0 Å². The summed E-state index contributed by atoms with van der Waals surface area (Å²) in [6.45, 7) is 0. The second kappa shape index (κ2) is 7.70. The summed E-state index contributed by atoms with van der Waals surface area (Å²) < 4.78 is 3.48. The first-order chi connectivity index (χ1) is 11.3. The van der Waals surface area contributed by atoms with Crippen molar-refractivity contribution in [2.75, 3.05) is 0 Å². The smallest absolute Gasteiger partial charge is 0.282 e. The predicted molar refractivity (Wildman–Crippen MR) is 91.7 cm³/mol. The van der Waals surface area contributed by atoms with Gasteiger partial charge in [-0.1, -0.05) is 65.1 Å². The monoisotopic (exact) mass is 388 g/mol. The fraction of sp³-hybridized carbons (Fsp3) is 0.133. The molecule has 1 N–H and O–H groups in total. The zero-order chi connectivity index (χ0) is 17.7. The van der Waals surface area contributed by atoms with Crippen molar-refractivity contribution in [1.82, 2.24) is 5.32 Å². The van der Waals surface area contributed by atoms with E-state index in [1.54, 1.807) is 30.3 Å². The number of hydrogen-bond acceptors (Lipinski definition) is 4. The Morgan fingerprint density at radius 1 is 1.08 bits per heavy atom. The van der Waals surface area contributed by atoms with Crippen LogP contribution in [0.15, 0.2) is 54.6 Å². The molecule has 1 atom stereocenters. The highest BCUT2D eigenvalue weighted by Gasteiger charge is 2.37. The first-order valence-electron chi connectivity index (χ1n) is 6.62. The van der Waals surface area contributed by atoms with Crippen LogP contribution in [0.5, 0.6) is 5.75 Å². The van der Waals surface area contributed by atoms with E-state index in [1.807, 2.05) is 0 Å². The van der Waals surface area contributed by atoms with E-state index in [1.165, 1.54) is 24.3 Å². The fourth-order valence-electron chi connectivity index (χ4n) is 1.83. The third-order valence-corrected chi connectivity index (χ3v) is 3.50. The molecule has 126 valence electrons. The topological polar surface area (TPSA) is 81.5 Å².